The second kappa shape index (κ2) is 13.4. The van der Waals surface area contributed by atoms with E-state index in [-0.39, 0.29) is 66.2 Å². The maximum atomic E-state index is 12.5. The molecule has 12 heteroatoms. The van der Waals surface area contributed by atoms with Gasteiger partial charge < -0.3 is 41.0 Å². The number of aliphatic hydroxyl groups excluding tert-OH is 2. The van der Waals surface area contributed by atoms with E-state index in [9.17, 15) is 34.8 Å². The summed E-state index contributed by atoms with van der Waals surface area (Å²) >= 11 is 4.61. The number of carboxylic acid groups (broad SMARTS) is 2. The smallest absolute Gasteiger partial charge is 0.303 e. The predicted octanol–water partition coefficient (Wildman–Crippen LogP) is 3.09. The number of carboxylic acids is 2. The van der Waals surface area contributed by atoms with E-state index >= 15 is 0 Å². The summed E-state index contributed by atoms with van der Waals surface area (Å²) in [5, 5.41) is 47.4. The average Bonchev–Trinajstić information content (AvgIpc) is 3.62. The molecule has 0 saturated carbocycles. The molecule has 4 heterocycles. The van der Waals surface area contributed by atoms with Gasteiger partial charge >= 0.3 is 11.9 Å². The highest BCUT2D eigenvalue weighted by atomic mass is 32.1. The maximum absolute atomic E-state index is 12.5. The lowest BCUT2D eigenvalue weighted by Crippen LogP contribution is -2.34. The lowest BCUT2D eigenvalue weighted by molar-refractivity contribution is -0.138. The van der Waals surface area contributed by atoms with Gasteiger partial charge in [0.1, 0.15) is 5.76 Å². The van der Waals surface area contributed by atoms with E-state index in [1.54, 1.807) is 13.0 Å². The number of amides is 1. The van der Waals surface area contributed by atoms with Crippen LogP contribution < -0.4 is 21.3 Å². The largest absolute Gasteiger partial charge is 0.508 e. The maximum Gasteiger partial charge on any atom is 0.303 e. The van der Waals surface area contributed by atoms with E-state index in [1.165, 1.54) is 6.08 Å². The van der Waals surface area contributed by atoms with Crippen LogP contribution in [0.4, 0.5) is 0 Å². The molecule has 1 saturated heterocycles. The van der Waals surface area contributed by atoms with E-state index in [0.29, 0.717) is 38.8 Å². The number of allylic oxidation sites excluding steroid dienone is 2. The van der Waals surface area contributed by atoms with Crippen LogP contribution in [0.3, 0.4) is 0 Å². The van der Waals surface area contributed by atoms with Crippen molar-refractivity contribution in [1.29, 1.82) is 0 Å². The van der Waals surface area contributed by atoms with Crippen LogP contribution >= 0.6 is 12.6 Å². The zero-order valence-corrected chi connectivity index (χ0v) is 27.0. The quantitative estimate of drug-likeness (QED) is 0.168. The first-order valence-electron chi connectivity index (χ1n) is 15.0. The number of aliphatic carboxylic acids is 2. The average molecular weight is 639 g/mol. The summed E-state index contributed by atoms with van der Waals surface area (Å²) < 4.78 is 0. The SMILES string of the molecule is C=CC1=C(O)N[C@H](/C(O)=c2/[nH]/c(=C/c3[nH]c(/C=C4\NC(=O)[C@H](C)[C@H]4C(C)S)c(C)c3CCC(=O)O)c(CCC(=O)O)c2C)C1C. The first-order chi connectivity index (χ1) is 21.2. The monoisotopic (exact) mass is 638 g/mol. The molecule has 1 fully saturated rings. The number of rotatable bonds is 11. The number of hydrogen-bond donors (Lipinski definition) is 9. The standard InChI is InChI=1S/C33H42N4O7S/c1-7-19-15(3)30(37-33(19)44)31(42)29-16(4)21(9-11-27(40)41)24(35-29)13-23-20(8-10-26(38)39)14(2)22(34-23)12-25-28(18(6)45)17(5)32(43)36-25/h7,12-13,15,17-18,28,30,34-35,37,42,44-45H,1,8-11H2,2-6H3,(H,36,43)(H,38,39)(H,40,41)/b24-13+,25-12-,31-29-/t15?,17-,18?,28+,30+/m1/s1. The van der Waals surface area contributed by atoms with Crippen molar-refractivity contribution in [2.24, 2.45) is 17.8 Å². The number of nitrogens with one attached hydrogen (secondary N) is 4. The first-order valence-corrected chi connectivity index (χ1v) is 15.5. The van der Waals surface area contributed by atoms with E-state index in [2.05, 4.69) is 39.8 Å². The molecule has 2 unspecified atom stereocenters. The summed E-state index contributed by atoms with van der Waals surface area (Å²) in [6.45, 7) is 13.1. The van der Waals surface area contributed by atoms with Crippen LogP contribution in [0.2, 0.25) is 0 Å². The van der Waals surface area contributed by atoms with E-state index in [1.807, 2.05) is 33.8 Å². The number of H-pyrrole nitrogens is 2. The van der Waals surface area contributed by atoms with Gasteiger partial charge in [-0.25, -0.2) is 0 Å². The van der Waals surface area contributed by atoms with Gasteiger partial charge in [-0.2, -0.15) is 12.6 Å². The molecule has 242 valence electrons. The van der Waals surface area contributed by atoms with Gasteiger partial charge in [0, 0.05) is 63.9 Å². The van der Waals surface area contributed by atoms with Gasteiger partial charge in [-0.1, -0.05) is 33.4 Å². The molecule has 2 aliphatic rings. The van der Waals surface area contributed by atoms with Gasteiger partial charge in [0.25, 0.3) is 0 Å². The highest BCUT2D eigenvalue weighted by Crippen LogP contribution is 2.34. The third-order valence-corrected chi connectivity index (χ3v) is 9.38. The third kappa shape index (κ3) is 6.70. The number of thiol groups is 1. The molecule has 0 aromatic carbocycles. The molecule has 0 aliphatic carbocycles. The van der Waals surface area contributed by atoms with Gasteiger partial charge in [-0.3, -0.25) is 14.4 Å². The van der Waals surface area contributed by atoms with Crippen LogP contribution in [-0.4, -0.2) is 59.5 Å². The Morgan fingerprint density at radius 2 is 1.58 bits per heavy atom. The Kier molecular flexibility index (Phi) is 9.96. The molecule has 45 heavy (non-hydrogen) atoms. The molecular formula is C33H42N4O7S. The summed E-state index contributed by atoms with van der Waals surface area (Å²) in [5.41, 5.74) is 5.55. The third-order valence-electron chi connectivity index (χ3n) is 9.06. The minimum absolute atomic E-state index is 0.0446. The fraction of sp³-hybridized carbons (Fsp3) is 0.424. The summed E-state index contributed by atoms with van der Waals surface area (Å²) in [4.78, 5) is 42.3. The van der Waals surface area contributed by atoms with Crippen molar-refractivity contribution >= 4 is 48.4 Å². The minimum atomic E-state index is -0.972. The lowest BCUT2D eigenvalue weighted by Gasteiger charge is -2.17. The summed E-state index contributed by atoms with van der Waals surface area (Å²) in [5.74, 6) is -2.79. The predicted molar refractivity (Wildman–Crippen MR) is 175 cm³/mol. The van der Waals surface area contributed by atoms with Crippen LogP contribution in [0, 0.1) is 31.6 Å². The van der Waals surface area contributed by atoms with Crippen molar-refractivity contribution in [1.82, 2.24) is 20.6 Å². The van der Waals surface area contributed by atoms with Gasteiger partial charge in [-0.05, 0) is 61.1 Å². The molecular weight excluding hydrogens is 596 g/mol. The Bertz CT molecular complexity index is 1730. The van der Waals surface area contributed by atoms with Crippen molar-refractivity contribution in [2.75, 3.05) is 0 Å². The van der Waals surface area contributed by atoms with Crippen molar-refractivity contribution in [3.63, 3.8) is 0 Å². The summed E-state index contributed by atoms with van der Waals surface area (Å²) in [7, 11) is 0. The molecule has 5 atom stereocenters. The van der Waals surface area contributed by atoms with Gasteiger partial charge in [0.05, 0.1) is 11.4 Å². The van der Waals surface area contributed by atoms with Crippen LogP contribution in [0.5, 0.6) is 0 Å². The fourth-order valence-electron chi connectivity index (χ4n) is 6.47. The number of carbonyl (C=O) groups excluding carboxylic acids is 1. The van der Waals surface area contributed by atoms with E-state index < -0.39 is 18.0 Å². The van der Waals surface area contributed by atoms with Gasteiger partial charge in [0.15, 0.2) is 5.88 Å². The Morgan fingerprint density at radius 3 is 2.13 bits per heavy atom. The molecule has 2 aliphatic heterocycles. The van der Waals surface area contributed by atoms with Crippen LogP contribution in [0.15, 0.2) is 29.8 Å². The Labute approximate surface area is 266 Å². The second-order valence-corrected chi connectivity index (χ2v) is 12.8. The van der Waals surface area contributed by atoms with Gasteiger partial charge in [0.2, 0.25) is 5.91 Å². The summed E-state index contributed by atoms with van der Waals surface area (Å²) in [6, 6.07) is -0.640. The van der Waals surface area contributed by atoms with Crippen molar-refractivity contribution in [2.45, 2.75) is 71.6 Å². The number of aliphatic hydroxyl groups is 2. The Balaban J connectivity index is 1.91. The first kappa shape index (κ1) is 33.6. The molecule has 2 aromatic rings. The number of carbonyl (C=O) groups is 3. The molecule has 11 nitrogen and oxygen atoms in total. The highest BCUT2D eigenvalue weighted by Gasteiger charge is 2.38. The van der Waals surface area contributed by atoms with Crippen LogP contribution in [-0.2, 0) is 27.2 Å². The van der Waals surface area contributed by atoms with Crippen LogP contribution in [0.25, 0.3) is 17.9 Å². The number of hydrogen-bond acceptors (Lipinski definition) is 7. The Hall–Kier alpha value is -4.32. The second-order valence-electron chi connectivity index (χ2n) is 12.0. The molecule has 4 rings (SSSR count). The topological polar surface area (TPSA) is 188 Å². The van der Waals surface area contributed by atoms with Crippen molar-refractivity contribution in [3.05, 3.63) is 74.1 Å². The molecule has 0 bridgehead atoms. The molecule has 0 radical (unpaired) electrons. The Morgan fingerprint density at radius 1 is 0.956 bits per heavy atom. The highest BCUT2D eigenvalue weighted by molar-refractivity contribution is 7.80. The van der Waals surface area contributed by atoms with Crippen molar-refractivity contribution < 1.29 is 34.8 Å². The normalized spacial score (nSPS) is 24.2. The molecule has 1 amide bonds. The lowest BCUT2D eigenvalue weighted by atomic mass is 9.91. The number of aromatic nitrogens is 2. The van der Waals surface area contributed by atoms with Crippen LogP contribution in [0.1, 0.15) is 67.3 Å². The van der Waals surface area contributed by atoms with Crippen molar-refractivity contribution in [3.8, 4) is 0 Å². The zero-order valence-electron chi connectivity index (χ0n) is 26.1. The fourth-order valence-corrected chi connectivity index (χ4v) is 6.89. The molecule has 2 aromatic heterocycles. The number of aromatic amines is 2. The minimum Gasteiger partial charge on any atom is -0.508 e. The zero-order chi connectivity index (χ0) is 33.3. The molecule has 0 spiro atoms. The van der Waals surface area contributed by atoms with E-state index in [4.69, 9.17) is 0 Å². The summed E-state index contributed by atoms with van der Waals surface area (Å²) in [6.07, 6.45) is 5.37. The van der Waals surface area contributed by atoms with Gasteiger partial charge in [-0.15, -0.1) is 0 Å². The van der Waals surface area contributed by atoms with E-state index in [0.717, 1.165) is 16.8 Å². The molecule has 8 N–H and O–H groups in total.